The highest BCUT2D eigenvalue weighted by Gasteiger charge is 2.33. The highest BCUT2D eigenvalue weighted by Crippen LogP contribution is 2.28. The summed E-state index contributed by atoms with van der Waals surface area (Å²) in [5, 5.41) is 9.57. The lowest BCUT2D eigenvalue weighted by molar-refractivity contribution is -0.140. The fourth-order valence-corrected chi connectivity index (χ4v) is 7.73. The number of carboxylic acid groups (broad SMARTS) is 1. The number of hydrogen-bond donors (Lipinski definition) is 4. The van der Waals surface area contributed by atoms with Crippen molar-refractivity contribution in [2.24, 2.45) is 5.73 Å². The van der Waals surface area contributed by atoms with Crippen molar-refractivity contribution >= 4 is 52.6 Å². The Kier molecular flexibility index (Phi) is 17.5. The van der Waals surface area contributed by atoms with Crippen LogP contribution >= 0.6 is 23.2 Å². The van der Waals surface area contributed by atoms with Crippen molar-refractivity contribution in [2.45, 2.75) is 65.0 Å². The Morgan fingerprint density at radius 2 is 1.11 bits per heavy atom. The first-order valence-corrected chi connectivity index (χ1v) is 21.1. The van der Waals surface area contributed by atoms with Crippen molar-refractivity contribution in [3.05, 3.63) is 123 Å². The first-order chi connectivity index (χ1) is 30.0. The number of anilines is 1. The summed E-state index contributed by atoms with van der Waals surface area (Å²) >= 11 is 11.9. The van der Waals surface area contributed by atoms with Crippen molar-refractivity contribution in [3.63, 3.8) is 0 Å². The number of nitrogens with one attached hydrogen (secondary N) is 2. The van der Waals surface area contributed by atoms with E-state index in [1.54, 1.807) is 58.3 Å². The smallest absolute Gasteiger partial charge is 0.319 e. The number of amides is 3. The Morgan fingerprint density at radius 1 is 0.667 bits per heavy atom. The Bertz CT molecular complexity index is 2210. The summed E-state index contributed by atoms with van der Waals surface area (Å²) < 4.78 is 37.6. The zero-order chi connectivity index (χ0) is 45.8. The molecule has 2 saturated heterocycles. The van der Waals surface area contributed by atoms with E-state index in [-0.39, 0.29) is 78.7 Å². The lowest BCUT2D eigenvalue weighted by Crippen LogP contribution is -2.58. The van der Waals surface area contributed by atoms with E-state index >= 15 is 0 Å². The molecule has 2 aliphatic rings. The molecular weight excluding hydrogens is 859 g/mol. The van der Waals surface area contributed by atoms with Gasteiger partial charge in [0.2, 0.25) is 0 Å². The Balaban J connectivity index is 0.000000239. The van der Waals surface area contributed by atoms with Crippen molar-refractivity contribution in [1.29, 1.82) is 0 Å². The predicted molar refractivity (Wildman–Crippen MR) is 237 cm³/mol. The molecule has 0 saturated carbocycles. The molecule has 0 bridgehead atoms. The summed E-state index contributed by atoms with van der Waals surface area (Å²) in [4.78, 5) is 56.1. The average Bonchev–Trinajstić information content (AvgIpc) is 3.24. The number of rotatable bonds is 15. The van der Waals surface area contributed by atoms with Gasteiger partial charge in [0.25, 0.3) is 17.7 Å². The second-order valence-electron chi connectivity index (χ2n) is 15.7. The van der Waals surface area contributed by atoms with E-state index in [0.717, 1.165) is 11.1 Å². The second kappa shape index (κ2) is 22.7. The summed E-state index contributed by atoms with van der Waals surface area (Å²) in [7, 11) is 0. The van der Waals surface area contributed by atoms with E-state index in [2.05, 4.69) is 34.5 Å². The molecule has 0 spiro atoms. The first kappa shape index (κ1) is 48.5. The summed E-state index contributed by atoms with van der Waals surface area (Å²) in [5.41, 5.74) is 13.3. The minimum absolute atomic E-state index is 0.0152. The van der Waals surface area contributed by atoms with E-state index < -0.39 is 11.9 Å². The quantitative estimate of drug-likeness (QED) is 0.102. The Hall–Kier alpha value is -5.52. The van der Waals surface area contributed by atoms with E-state index in [0.29, 0.717) is 60.8 Å². The Labute approximate surface area is 375 Å². The normalized spacial score (nSPS) is 19.1. The van der Waals surface area contributed by atoms with Crippen LogP contribution in [-0.4, -0.2) is 119 Å². The fraction of sp³-hybridized carbons (Fsp3) is 0.378. The van der Waals surface area contributed by atoms with Crippen LogP contribution in [0.3, 0.4) is 0 Å². The molecule has 0 unspecified atom stereocenters. The molecule has 63 heavy (non-hydrogen) atoms. The molecule has 0 aliphatic carbocycles. The molecule has 14 nitrogen and oxygen atoms in total. The number of carboxylic acids is 1. The zero-order valence-corrected chi connectivity index (χ0v) is 37.0. The van der Waals surface area contributed by atoms with E-state index in [1.807, 2.05) is 13.8 Å². The van der Waals surface area contributed by atoms with Crippen LogP contribution in [0.4, 0.5) is 14.5 Å². The predicted octanol–water partition coefficient (Wildman–Crippen LogP) is 6.06. The fourth-order valence-electron chi connectivity index (χ4n) is 7.39. The number of aliphatic carboxylic acids is 1. The highest BCUT2D eigenvalue weighted by molar-refractivity contribution is 6.31. The molecule has 4 atom stereocenters. The van der Waals surface area contributed by atoms with Gasteiger partial charge >= 0.3 is 5.97 Å². The number of carbonyl (C=O) groups excluding carboxylic acids is 3. The lowest BCUT2D eigenvalue weighted by Gasteiger charge is -2.44. The number of nitrogens with zero attached hydrogens (tertiary/aromatic N) is 4. The number of primary amides is 1. The number of ether oxygens (including phenoxy) is 2. The molecule has 0 aromatic heterocycles. The molecule has 18 heteroatoms. The van der Waals surface area contributed by atoms with Crippen molar-refractivity contribution in [3.8, 4) is 11.5 Å². The van der Waals surface area contributed by atoms with Crippen molar-refractivity contribution < 1.29 is 42.5 Å². The SMILES string of the molecule is C[C@@H]1CN(Cc2ccc(F)cc2)[C@@H](C)CN1C(=O)COc1ccc(Cl)cc1C(N)=O.C[C@@H]1CN(Cc2ccc(F)cc2)[C@@H](C)CN1C(=O)COc1ccc(Cl)cc1NNCC(=O)O. The number of halogens is 4. The molecule has 4 aromatic rings. The van der Waals surface area contributed by atoms with E-state index in [9.17, 15) is 28.0 Å². The summed E-state index contributed by atoms with van der Waals surface area (Å²) in [6, 6.07) is 22.5. The van der Waals surface area contributed by atoms with Crippen LogP contribution in [0.2, 0.25) is 10.0 Å². The molecule has 3 amide bonds. The molecule has 338 valence electrons. The van der Waals surface area contributed by atoms with Crippen LogP contribution in [0, 0.1) is 11.6 Å². The third-order valence-corrected chi connectivity index (χ3v) is 11.3. The summed E-state index contributed by atoms with van der Waals surface area (Å²) in [6.45, 7) is 11.3. The first-order valence-electron chi connectivity index (χ1n) is 20.4. The standard InChI is InChI=1S/C23H28ClFN4O4.C22H25ClFN3O3/c1-15-12-29(16(2)11-28(15)13-17-3-6-19(25)7-4-17)22(30)14-33-21-8-5-18(24)9-20(21)27-26-10-23(31)32;1-14-11-27(15(2)10-26(14)12-16-3-6-18(24)7-4-16)21(28)13-30-20-8-5-17(23)9-19(20)22(25)29/h3-9,15-16,26-27H,10-14H2,1-2H3,(H,31,32);3-9,14-15H,10-13H2,1-2H3,(H2,25,29)/t15-,16+;14-,15+/m00/s1. The maximum Gasteiger partial charge on any atom is 0.319 e. The number of benzene rings is 4. The zero-order valence-electron chi connectivity index (χ0n) is 35.5. The summed E-state index contributed by atoms with van der Waals surface area (Å²) in [6.07, 6.45) is 0. The monoisotopic (exact) mass is 911 g/mol. The molecule has 5 N–H and O–H groups in total. The van der Waals surface area contributed by atoms with Gasteiger partial charge in [-0.05, 0) is 99.5 Å². The lowest BCUT2D eigenvalue weighted by atomic mass is 10.1. The van der Waals surface area contributed by atoms with Crippen molar-refractivity contribution in [2.75, 3.05) is 51.4 Å². The molecular formula is C45H53Cl2F2N7O7. The molecule has 2 aliphatic heterocycles. The minimum Gasteiger partial charge on any atom is -0.483 e. The van der Waals surface area contributed by atoms with Gasteiger partial charge in [0.15, 0.2) is 13.2 Å². The van der Waals surface area contributed by atoms with Gasteiger partial charge in [0, 0.05) is 73.5 Å². The third kappa shape index (κ3) is 14.2. The number of hydrazine groups is 1. The topological polar surface area (TPSA) is 170 Å². The van der Waals surface area contributed by atoms with Gasteiger partial charge in [-0.1, -0.05) is 47.5 Å². The molecule has 2 fully saturated rings. The minimum atomic E-state index is -1.02. The van der Waals surface area contributed by atoms with Crippen LogP contribution in [0.15, 0.2) is 84.9 Å². The molecule has 6 rings (SSSR count). The molecule has 2 heterocycles. The molecule has 0 radical (unpaired) electrons. The molecule has 4 aromatic carbocycles. The van der Waals surface area contributed by atoms with Crippen LogP contribution < -0.4 is 26.1 Å². The van der Waals surface area contributed by atoms with E-state index in [4.69, 9.17) is 43.5 Å². The van der Waals surface area contributed by atoms with Crippen molar-refractivity contribution in [1.82, 2.24) is 25.0 Å². The van der Waals surface area contributed by atoms with Crippen LogP contribution in [0.25, 0.3) is 0 Å². The maximum atomic E-state index is 13.2. The second-order valence-corrected chi connectivity index (χ2v) is 16.6. The van der Waals surface area contributed by atoms with Gasteiger partial charge in [-0.25, -0.2) is 14.2 Å². The number of piperazine rings is 2. The van der Waals surface area contributed by atoms with Gasteiger partial charge < -0.3 is 35.5 Å². The van der Waals surface area contributed by atoms with Gasteiger partial charge in [-0.3, -0.25) is 29.0 Å². The van der Waals surface area contributed by atoms with E-state index in [1.165, 1.54) is 36.4 Å². The van der Waals surface area contributed by atoms with Gasteiger partial charge in [-0.2, -0.15) is 0 Å². The maximum absolute atomic E-state index is 13.2. The summed E-state index contributed by atoms with van der Waals surface area (Å²) in [5.74, 6) is -1.91. The van der Waals surface area contributed by atoms with Gasteiger partial charge in [-0.15, -0.1) is 0 Å². The average molecular weight is 913 g/mol. The van der Waals surface area contributed by atoms with Crippen LogP contribution in [0.1, 0.15) is 49.2 Å². The van der Waals surface area contributed by atoms with Gasteiger partial charge in [0.1, 0.15) is 29.7 Å². The number of carbonyl (C=O) groups is 4. The van der Waals surface area contributed by atoms with Crippen LogP contribution in [-0.2, 0) is 27.5 Å². The number of nitrogens with two attached hydrogens (primary N) is 1. The highest BCUT2D eigenvalue weighted by atomic mass is 35.5. The number of hydrogen-bond acceptors (Lipinski definition) is 10. The Morgan fingerprint density at radius 3 is 1.57 bits per heavy atom. The van der Waals surface area contributed by atoms with Crippen LogP contribution in [0.5, 0.6) is 11.5 Å². The van der Waals surface area contributed by atoms with Gasteiger partial charge in [0.05, 0.1) is 11.3 Å². The third-order valence-electron chi connectivity index (χ3n) is 10.8. The largest absolute Gasteiger partial charge is 0.483 e.